The predicted octanol–water partition coefficient (Wildman–Crippen LogP) is 4.84. The molecule has 36 heavy (non-hydrogen) atoms. The second-order valence-corrected chi connectivity index (χ2v) is 9.27. The standard InChI is InChI=1S/C29H32N4O3/c1-19(2)13-27(29(35)36-3)33-28(34)25-12-11-20(15-30-16-22-17-31-18-32-22)14-26(25)24-10-6-8-21-7-4-5-9-23(21)24/h4-12,14,17-19,27,30H,13,15-16H2,1-3H3,(H,31,32)(H,33,34)/t27-/m0/s1. The molecule has 4 rings (SSSR count). The lowest BCUT2D eigenvalue weighted by atomic mass is 9.92. The number of aromatic nitrogens is 2. The van der Waals surface area contributed by atoms with Crippen molar-refractivity contribution < 1.29 is 14.3 Å². The van der Waals surface area contributed by atoms with Crippen molar-refractivity contribution in [2.45, 2.75) is 39.4 Å². The summed E-state index contributed by atoms with van der Waals surface area (Å²) in [7, 11) is 1.34. The molecule has 0 fully saturated rings. The average molecular weight is 485 g/mol. The fourth-order valence-corrected chi connectivity index (χ4v) is 4.37. The first-order valence-corrected chi connectivity index (χ1v) is 12.1. The molecule has 3 N–H and O–H groups in total. The monoisotopic (exact) mass is 484 g/mol. The summed E-state index contributed by atoms with van der Waals surface area (Å²) in [6.45, 7) is 5.29. The van der Waals surface area contributed by atoms with Gasteiger partial charge in [-0.05, 0) is 51.9 Å². The Labute approximate surface area is 211 Å². The highest BCUT2D eigenvalue weighted by atomic mass is 16.5. The number of carbonyl (C=O) groups is 2. The van der Waals surface area contributed by atoms with Crippen LogP contribution in [-0.4, -0.2) is 35.0 Å². The lowest BCUT2D eigenvalue weighted by molar-refractivity contribution is -0.143. The smallest absolute Gasteiger partial charge is 0.328 e. The molecular weight excluding hydrogens is 452 g/mol. The molecular formula is C29H32N4O3. The van der Waals surface area contributed by atoms with Crippen LogP contribution < -0.4 is 10.6 Å². The molecule has 0 aliphatic heterocycles. The molecule has 0 spiro atoms. The number of fused-ring (bicyclic) bond motifs is 1. The minimum Gasteiger partial charge on any atom is -0.467 e. The quantitative estimate of drug-likeness (QED) is 0.280. The van der Waals surface area contributed by atoms with Gasteiger partial charge in [-0.25, -0.2) is 9.78 Å². The third-order valence-corrected chi connectivity index (χ3v) is 6.11. The number of esters is 1. The van der Waals surface area contributed by atoms with Crippen LogP contribution >= 0.6 is 0 Å². The second kappa shape index (κ2) is 11.6. The van der Waals surface area contributed by atoms with Crippen LogP contribution in [0.25, 0.3) is 21.9 Å². The Hall–Kier alpha value is -3.97. The van der Waals surface area contributed by atoms with Crippen molar-refractivity contribution >= 4 is 22.6 Å². The van der Waals surface area contributed by atoms with Crippen LogP contribution in [0.3, 0.4) is 0 Å². The molecule has 0 saturated carbocycles. The number of hydrogen-bond donors (Lipinski definition) is 3. The summed E-state index contributed by atoms with van der Waals surface area (Å²) in [5.41, 5.74) is 4.34. The summed E-state index contributed by atoms with van der Waals surface area (Å²) >= 11 is 0. The molecule has 1 amide bonds. The first-order valence-electron chi connectivity index (χ1n) is 12.1. The van der Waals surface area contributed by atoms with Gasteiger partial charge in [0.15, 0.2) is 0 Å². The Balaban J connectivity index is 1.69. The number of carbonyl (C=O) groups excluding carboxylic acids is 2. The number of benzene rings is 3. The van der Waals surface area contributed by atoms with Gasteiger partial charge in [0.25, 0.3) is 5.91 Å². The van der Waals surface area contributed by atoms with Crippen LogP contribution in [-0.2, 0) is 22.6 Å². The van der Waals surface area contributed by atoms with Crippen molar-refractivity contribution in [3.8, 4) is 11.1 Å². The number of rotatable bonds is 10. The van der Waals surface area contributed by atoms with Gasteiger partial charge in [0, 0.05) is 30.5 Å². The molecule has 4 aromatic rings. The summed E-state index contributed by atoms with van der Waals surface area (Å²) in [6, 6.07) is 19.3. The van der Waals surface area contributed by atoms with E-state index in [1.165, 1.54) is 7.11 Å². The highest BCUT2D eigenvalue weighted by molar-refractivity contribution is 6.07. The van der Waals surface area contributed by atoms with Gasteiger partial charge in [-0.2, -0.15) is 0 Å². The number of aromatic amines is 1. The van der Waals surface area contributed by atoms with E-state index in [2.05, 4.69) is 38.8 Å². The van der Waals surface area contributed by atoms with E-state index in [1.54, 1.807) is 12.5 Å². The van der Waals surface area contributed by atoms with E-state index in [0.717, 1.165) is 33.2 Å². The Morgan fingerprint density at radius 2 is 1.81 bits per heavy atom. The summed E-state index contributed by atoms with van der Waals surface area (Å²) in [5.74, 6) is -0.524. The van der Waals surface area contributed by atoms with Crippen molar-refractivity contribution in [1.29, 1.82) is 0 Å². The number of H-pyrrole nitrogens is 1. The lowest BCUT2D eigenvalue weighted by Gasteiger charge is -2.20. The highest BCUT2D eigenvalue weighted by Crippen LogP contribution is 2.32. The first kappa shape index (κ1) is 25.1. The van der Waals surface area contributed by atoms with Gasteiger partial charge < -0.3 is 20.4 Å². The zero-order chi connectivity index (χ0) is 25.5. The molecule has 0 aliphatic carbocycles. The van der Waals surface area contributed by atoms with Crippen molar-refractivity contribution in [3.05, 3.63) is 90.0 Å². The summed E-state index contributed by atoms with van der Waals surface area (Å²) in [4.78, 5) is 33.0. The van der Waals surface area contributed by atoms with E-state index in [4.69, 9.17) is 4.74 Å². The maximum Gasteiger partial charge on any atom is 0.328 e. The molecule has 7 heteroatoms. The zero-order valence-electron chi connectivity index (χ0n) is 20.9. The summed E-state index contributed by atoms with van der Waals surface area (Å²) in [6.07, 6.45) is 3.94. The minimum atomic E-state index is -0.710. The number of hydrogen-bond acceptors (Lipinski definition) is 5. The molecule has 0 bridgehead atoms. The summed E-state index contributed by atoms with van der Waals surface area (Å²) in [5, 5.41) is 8.48. The Morgan fingerprint density at radius 1 is 1.00 bits per heavy atom. The molecule has 1 atom stereocenters. The lowest BCUT2D eigenvalue weighted by Crippen LogP contribution is -2.42. The maximum atomic E-state index is 13.5. The normalized spacial score (nSPS) is 12.0. The minimum absolute atomic E-state index is 0.218. The summed E-state index contributed by atoms with van der Waals surface area (Å²) < 4.78 is 4.95. The van der Waals surface area contributed by atoms with E-state index >= 15 is 0 Å². The van der Waals surface area contributed by atoms with Gasteiger partial charge in [0.1, 0.15) is 6.04 Å². The highest BCUT2D eigenvalue weighted by Gasteiger charge is 2.25. The fraction of sp³-hybridized carbons (Fsp3) is 0.276. The van der Waals surface area contributed by atoms with Gasteiger partial charge in [-0.15, -0.1) is 0 Å². The second-order valence-electron chi connectivity index (χ2n) is 9.27. The van der Waals surface area contributed by atoms with Crippen LogP contribution in [0.2, 0.25) is 0 Å². The number of nitrogens with one attached hydrogen (secondary N) is 3. The third-order valence-electron chi connectivity index (χ3n) is 6.11. The Bertz CT molecular complexity index is 1330. The van der Waals surface area contributed by atoms with Crippen molar-refractivity contribution in [2.24, 2.45) is 5.92 Å². The van der Waals surface area contributed by atoms with Gasteiger partial charge in [-0.3, -0.25) is 4.79 Å². The number of imidazole rings is 1. The van der Waals surface area contributed by atoms with Crippen LogP contribution in [0.5, 0.6) is 0 Å². The molecule has 1 aromatic heterocycles. The molecule has 0 unspecified atom stereocenters. The molecule has 0 saturated heterocycles. The van der Waals surface area contributed by atoms with Crippen LogP contribution in [0, 0.1) is 5.92 Å². The van der Waals surface area contributed by atoms with Gasteiger partial charge >= 0.3 is 5.97 Å². The molecule has 1 heterocycles. The van der Waals surface area contributed by atoms with Gasteiger partial charge in [0.2, 0.25) is 0 Å². The largest absolute Gasteiger partial charge is 0.467 e. The van der Waals surface area contributed by atoms with E-state index in [9.17, 15) is 9.59 Å². The fourth-order valence-electron chi connectivity index (χ4n) is 4.37. The number of ether oxygens (including phenoxy) is 1. The molecule has 0 radical (unpaired) electrons. The number of methoxy groups -OCH3 is 1. The number of nitrogens with zero attached hydrogens (tertiary/aromatic N) is 1. The van der Waals surface area contributed by atoms with Gasteiger partial charge in [-0.1, -0.05) is 62.4 Å². The van der Waals surface area contributed by atoms with E-state index in [-0.39, 0.29) is 11.8 Å². The number of amides is 1. The van der Waals surface area contributed by atoms with Crippen LogP contribution in [0.1, 0.15) is 41.9 Å². The molecule has 186 valence electrons. The van der Waals surface area contributed by atoms with Crippen molar-refractivity contribution in [2.75, 3.05) is 7.11 Å². The SMILES string of the molecule is COC(=O)[C@H](CC(C)C)NC(=O)c1ccc(CNCc2cnc[nH]2)cc1-c1cccc2ccccc12. The van der Waals surface area contributed by atoms with Crippen LogP contribution in [0.4, 0.5) is 0 Å². The Kier molecular flexibility index (Phi) is 8.13. The Morgan fingerprint density at radius 3 is 2.56 bits per heavy atom. The third kappa shape index (κ3) is 5.98. The predicted molar refractivity (Wildman–Crippen MR) is 141 cm³/mol. The van der Waals surface area contributed by atoms with E-state index in [1.807, 2.05) is 56.3 Å². The average Bonchev–Trinajstić information content (AvgIpc) is 3.40. The molecule has 3 aromatic carbocycles. The van der Waals surface area contributed by atoms with E-state index < -0.39 is 12.0 Å². The maximum absolute atomic E-state index is 13.5. The van der Waals surface area contributed by atoms with Crippen molar-refractivity contribution in [3.63, 3.8) is 0 Å². The zero-order valence-corrected chi connectivity index (χ0v) is 20.9. The van der Waals surface area contributed by atoms with Crippen LogP contribution in [0.15, 0.2) is 73.2 Å². The first-order chi connectivity index (χ1) is 17.5. The van der Waals surface area contributed by atoms with Gasteiger partial charge in [0.05, 0.1) is 13.4 Å². The molecule has 7 nitrogen and oxygen atoms in total. The van der Waals surface area contributed by atoms with E-state index in [0.29, 0.717) is 25.1 Å². The topological polar surface area (TPSA) is 96.1 Å². The van der Waals surface area contributed by atoms with Crippen molar-refractivity contribution in [1.82, 2.24) is 20.6 Å². The molecule has 0 aliphatic rings.